The zero-order valence-electron chi connectivity index (χ0n) is 6.02. The molecule has 0 aromatic heterocycles. The van der Waals surface area contributed by atoms with Gasteiger partial charge < -0.3 is 0 Å². The van der Waals surface area contributed by atoms with Gasteiger partial charge in [-0.15, -0.1) is 0 Å². The molecular weight excluding hydrogens is 117 g/mol. The second-order valence-corrected chi connectivity index (χ2v) is 3.12. The van der Waals surface area contributed by atoms with E-state index in [1.54, 1.807) is 0 Å². The van der Waals surface area contributed by atoms with Crippen molar-refractivity contribution in [3.05, 3.63) is 0 Å². The van der Waals surface area contributed by atoms with E-state index in [-0.39, 0.29) is 0 Å². The van der Waals surface area contributed by atoms with Crippen molar-refractivity contribution in [3.63, 3.8) is 0 Å². The first-order chi connectivity index (χ1) is 4.20. The second kappa shape index (κ2) is 2.65. The Morgan fingerprint density at radius 3 is 2.44 bits per heavy atom. The predicted molar refractivity (Wildman–Crippen MR) is 35.8 cm³/mol. The summed E-state index contributed by atoms with van der Waals surface area (Å²) >= 11 is 0. The van der Waals surface area contributed by atoms with E-state index in [2.05, 4.69) is 19.2 Å². The van der Waals surface area contributed by atoms with Crippen LogP contribution in [-0.2, 0) is 0 Å². The average Bonchev–Trinajstić information content (AvgIpc) is 2.14. The van der Waals surface area contributed by atoms with E-state index < -0.39 is 6.30 Å². The number of rotatable bonds is 1. The summed E-state index contributed by atoms with van der Waals surface area (Å²) in [7, 11) is 0. The minimum absolute atomic E-state index is 0.556. The Morgan fingerprint density at radius 2 is 2.22 bits per heavy atom. The highest BCUT2D eigenvalue weighted by Gasteiger charge is 2.25. The third kappa shape index (κ3) is 1.65. The maximum absolute atomic E-state index is 12.4. The molecule has 1 saturated heterocycles. The van der Waals surface area contributed by atoms with Crippen LogP contribution in [0.1, 0.15) is 20.3 Å². The lowest BCUT2D eigenvalue weighted by Crippen LogP contribution is -2.16. The van der Waals surface area contributed by atoms with E-state index in [1.807, 2.05) is 0 Å². The molecule has 2 atom stereocenters. The van der Waals surface area contributed by atoms with Crippen LogP contribution in [-0.4, -0.2) is 12.8 Å². The molecule has 1 rings (SSSR count). The van der Waals surface area contributed by atoms with Gasteiger partial charge in [-0.25, -0.2) is 4.39 Å². The lowest BCUT2D eigenvalue weighted by Gasteiger charge is -2.10. The predicted octanol–water partition coefficient (Wildman–Crippen LogP) is 1.55. The topological polar surface area (TPSA) is 12.0 Å². The van der Waals surface area contributed by atoms with Crippen molar-refractivity contribution < 1.29 is 4.39 Å². The molecule has 2 heteroatoms. The summed E-state index contributed by atoms with van der Waals surface area (Å²) in [6.07, 6.45) is -0.0325. The zero-order valence-corrected chi connectivity index (χ0v) is 6.02. The van der Waals surface area contributed by atoms with Crippen LogP contribution in [0.25, 0.3) is 0 Å². The van der Waals surface area contributed by atoms with Gasteiger partial charge in [-0.2, -0.15) is 0 Å². The van der Waals surface area contributed by atoms with Gasteiger partial charge in [-0.05, 0) is 18.3 Å². The van der Waals surface area contributed by atoms with Gasteiger partial charge in [0, 0.05) is 6.54 Å². The molecule has 2 unspecified atom stereocenters. The van der Waals surface area contributed by atoms with Gasteiger partial charge in [-0.1, -0.05) is 13.8 Å². The van der Waals surface area contributed by atoms with Crippen LogP contribution in [0.3, 0.4) is 0 Å². The van der Waals surface area contributed by atoms with E-state index in [9.17, 15) is 4.39 Å². The van der Waals surface area contributed by atoms with Crippen molar-refractivity contribution in [2.75, 3.05) is 6.54 Å². The Hall–Kier alpha value is -0.110. The van der Waals surface area contributed by atoms with Crippen LogP contribution in [0.4, 0.5) is 4.39 Å². The van der Waals surface area contributed by atoms with Gasteiger partial charge >= 0.3 is 0 Å². The molecule has 0 spiro atoms. The van der Waals surface area contributed by atoms with Crippen molar-refractivity contribution in [3.8, 4) is 0 Å². The van der Waals surface area contributed by atoms with E-state index >= 15 is 0 Å². The second-order valence-electron chi connectivity index (χ2n) is 3.12. The van der Waals surface area contributed by atoms with Crippen LogP contribution >= 0.6 is 0 Å². The van der Waals surface area contributed by atoms with Gasteiger partial charge in [0.2, 0.25) is 0 Å². The van der Waals surface area contributed by atoms with Gasteiger partial charge in [0.05, 0.1) is 0 Å². The van der Waals surface area contributed by atoms with Gasteiger partial charge in [0.15, 0.2) is 6.30 Å². The number of nitrogens with one attached hydrogen (secondary N) is 1. The summed E-state index contributed by atoms with van der Waals surface area (Å²) in [6, 6.07) is 0. The normalized spacial score (nSPS) is 36.0. The summed E-state index contributed by atoms with van der Waals surface area (Å²) in [6.45, 7) is 5.15. The Labute approximate surface area is 55.6 Å². The van der Waals surface area contributed by atoms with Crippen molar-refractivity contribution in [2.45, 2.75) is 26.6 Å². The van der Waals surface area contributed by atoms with E-state index in [1.165, 1.54) is 0 Å². The molecule has 1 heterocycles. The van der Waals surface area contributed by atoms with Crippen LogP contribution in [0.2, 0.25) is 0 Å². The number of hydrogen-bond donors (Lipinski definition) is 1. The van der Waals surface area contributed by atoms with Gasteiger partial charge in [0.1, 0.15) is 0 Å². The third-order valence-corrected chi connectivity index (χ3v) is 2.05. The molecule has 0 saturated carbocycles. The highest BCUT2D eigenvalue weighted by atomic mass is 19.1. The maximum Gasteiger partial charge on any atom is 0.151 e. The third-order valence-electron chi connectivity index (χ3n) is 2.05. The fraction of sp³-hybridized carbons (Fsp3) is 1.00. The standard InChI is InChI=1S/C7H14FN/c1-5(2)6-3-7(8)9-4-6/h5-7,9H,3-4H2,1-2H3. The van der Waals surface area contributed by atoms with E-state index in [4.69, 9.17) is 0 Å². The summed E-state index contributed by atoms with van der Waals surface area (Å²) in [5, 5.41) is 2.78. The monoisotopic (exact) mass is 131 g/mol. The molecule has 0 amide bonds. The SMILES string of the molecule is CC(C)C1CNC(F)C1. The minimum atomic E-state index is -0.739. The molecule has 0 aromatic carbocycles. The molecule has 0 aromatic rings. The quantitative estimate of drug-likeness (QED) is 0.532. The largest absolute Gasteiger partial charge is 0.288 e. The van der Waals surface area contributed by atoms with Crippen molar-refractivity contribution in [1.82, 2.24) is 5.32 Å². The smallest absolute Gasteiger partial charge is 0.151 e. The first-order valence-electron chi connectivity index (χ1n) is 3.57. The number of hydrogen-bond acceptors (Lipinski definition) is 1. The van der Waals surface area contributed by atoms with Crippen LogP contribution in [0, 0.1) is 11.8 Å². The molecule has 9 heavy (non-hydrogen) atoms. The molecule has 0 bridgehead atoms. The van der Waals surface area contributed by atoms with E-state index in [0.717, 1.165) is 6.54 Å². The van der Waals surface area contributed by atoms with Crippen molar-refractivity contribution >= 4 is 0 Å². The molecule has 1 fully saturated rings. The lowest BCUT2D eigenvalue weighted by atomic mass is 9.95. The summed E-state index contributed by atoms with van der Waals surface area (Å²) in [5.74, 6) is 1.18. The molecule has 0 aliphatic carbocycles. The van der Waals surface area contributed by atoms with Crippen LogP contribution in [0.15, 0.2) is 0 Å². The molecule has 0 radical (unpaired) electrons. The fourth-order valence-electron chi connectivity index (χ4n) is 1.22. The Morgan fingerprint density at radius 1 is 1.56 bits per heavy atom. The summed E-state index contributed by atoms with van der Waals surface area (Å²) < 4.78 is 12.4. The van der Waals surface area contributed by atoms with Gasteiger partial charge in [-0.3, -0.25) is 5.32 Å². The highest BCUT2D eigenvalue weighted by Crippen LogP contribution is 2.21. The lowest BCUT2D eigenvalue weighted by molar-refractivity contribution is 0.292. The maximum atomic E-state index is 12.4. The summed E-state index contributed by atoms with van der Waals surface area (Å²) in [5.41, 5.74) is 0. The molecule has 1 N–H and O–H groups in total. The Kier molecular flexibility index (Phi) is 2.06. The Bertz CT molecular complexity index is 92.9. The average molecular weight is 131 g/mol. The molecule has 1 nitrogen and oxygen atoms in total. The molecule has 1 aliphatic rings. The fourth-order valence-corrected chi connectivity index (χ4v) is 1.22. The van der Waals surface area contributed by atoms with Crippen molar-refractivity contribution in [1.29, 1.82) is 0 Å². The number of halogens is 1. The highest BCUT2D eigenvalue weighted by molar-refractivity contribution is 4.76. The van der Waals surface area contributed by atoms with Gasteiger partial charge in [0.25, 0.3) is 0 Å². The first-order valence-corrected chi connectivity index (χ1v) is 3.57. The number of alkyl halides is 1. The van der Waals surface area contributed by atoms with E-state index in [0.29, 0.717) is 18.3 Å². The van der Waals surface area contributed by atoms with Crippen LogP contribution < -0.4 is 5.32 Å². The Balaban J connectivity index is 2.30. The molecule has 54 valence electrons. The minimum Gasteiger partial charge on any atom is -0.288 e. The zero-order chi connectivity index (χ0) is 6.85. The van der Waals surface area contributed by atoms with Crippen molar-refractivity contribution in [2.24, 2.45) is 11.8 Å². The summed E-state index contributed by atoms with van der Waals surface area (Å²) in [4.78, 5) is 0. The first kappa shape index (κ1) is 7.00. The molecule has 1 aliphatic heterocycles. The van der Waals surface area contributed by atoms with Crippen LogP contribution in [0.5, 0.6) is 0 Å². The molecular formula is C7H14FN.